The topological polar surface area (TPSA) is 68.2 Å². The monoisotopic (exact) mass is 382 g/mol. The quantitative estimate of drug-likeness (QED) is 0.506. The molecule has 0 amide bonds. The number of nitrogens with zero attached hydrogens (tertiary/aromatic N) is 2. The van der Waals surface area contributed by atoms with Crippen molar-refractivity contribution in [2.45, 2.75) is 6.67 Å². The number of methoxy groups -OCH3 is 1. The molecule has 3 rings (SSSR count). The van der Waals surface area contributed by atoms with E-state index in [1.165, 1.54) is 0 Å². The molecule has 3 aromatic rings. The van der Waals surface area contributed by atoms with Gasteiger partial charge in [-0.1, -0.05) is 24.3 Å². The maximum Gasteiger partial charge on any atom is 0.262 e. The highest BCUT2D eigenvalue weighted by molar-refractivity contribution is 5.85. The molecule has 6 nitrogen and oxygen atoms in total. The lowest BCUT2D eigenvalue weighted by atomic mass is 10.2. The Bertz CT molecular complexity index is 870. The second-order valence-electron chi connectivity index (χ2n) is 5.00. The van der Waals surface area contributed by atoms with Crippen LogP contribution in [-0.4, -0.2) is 23.3 Å². The van der Waals surface area contributed by atoms with Gasteiger partial charge in [0.05, 0.1) is 43.4 Å². The molecular formula is C17H20Cl2N4O2. The first-order valence-electron chi connectivity index (χ1n) is 7.31. The van der Waals surface area contributed by atoms with Gasteiger partial charge >= 0.3 is 0 Å². The van der Waals surface area contributed by atoms with Gasteiger partial charge in [-0.15, -0.1) is 24.8 Å². The number of ether oxygens (including phenoxy) is 1. The summed E-state index contributed by atoms with van der Waals surface area (Å²) in [5, 5.41) is 7.00. The second-order valence-corrected chi connectivity index (χ2v) is 5.00. The van der Waals surface area contributed by atoms with Crippen LogP contribution in [-0.2, 0) is 6.67 Å². The van der Waals surface area contributed by atoms with Crippen molar-refractivity contribution in [3.63, 3.8) is 0 Å². The Labute approximate surface area is 158 Å². The fraction of sp³-hybridized carbons (Fsp3) is 0.176. The maximum absolute atomic E-state index is 12.3. The fourth-order valence-electron chi connectivity index (χ4n) is 2.34. The predicted octanol–water partition coefficient (Wildman–Crippen LogP) is 2.87. The summed E-state index contributed by atoms with van der Waals surface area (Å²) in [6.07, 6.45) is 1.56. The molecule has 0 saturated heterocycles. The van der Waals surface area contributed by atoms with Crippen LogP contribution < -0.4 is 20.9 Å². The molecule has 0 aliphatic rings. The molecule has 0 radical (unpaired) electrons. The lowest BCUT2D eigenvalue weighted by Crippen LogP contribution is -2.31. The van der Waals surface area contributed by atoms with Crippen molar-refractivity contribution in [3.05, 3.63) is 65.2 Å². The summed E-state index contributed by atoms with van der Waals surface area (Å²) < 4.78 is 6.82. The Morgan fingerprint density at radius 1 is 1.08 bits per heavy atom. The Morgan fingerprint density at radius 2 is 1.80 bits per heavy atom. The lowest BCUT2D eigenvalue weighted by Gasteiger charge is -2.12. The number of para-hydroxylation sites is 3. The third-order valence-corrected chi connectivity index (χ3v) is 3.52. The third kappa shape index (κ3) is 4.85. The van der Waals surface area contributed by atoms with Gasteiger partial charge in [-0.3, -0.25) is 14.7 Å². The number of rotatable bonds is 6. The number of benzene rings is 2. The zero-order valence-corrected chi connectivity index (χ0v) is 15.3. The summed E-state index contributed by atoms with van der Waals surface area (Å²) in [7, 11) is 1.63. The van der Waals surface area contributed by atoms with Gasteiger partial charge < -0.3 is 10.1 Å². The molecular weight excluding hydrogens is 363 g/mol. The summed E-state index contributed by atoms with van der Waals surface area (Å²) in [5.41, 5.74) is 1.55. The van der Waals surface area contributed by atoms with E-state index < -0.39 is 0 Å². The Balaban J connectivity index is 0.00000156. The van der Waals surface area contributed by atoms with Gasteiger partial charge in [0.2, 0.25) is 0 Å². The van der Waals surface area contributed by atoms with Crippen LogP contribution in [0, 0.1) is 0 Å². The van der Waals surface area contributed by atoms with Crippen LogP contribution in [0.15, 0.2) is 59.7 Å². The smallest absolute Gasteiger partial charge is 0.262 e. The molecule has 0 unspecified atom stereocenters. The van der Waals surface area contributed by atoms with E-state index in [9.17, 15) is 4.79 Å². The van der Waals surface area contributed by atoms with Crippen LogP contribution in [0.1, 0.15) is 0 Å². The third-order valence-electron chi connectivity index (χ3n) is 3.52. The first-order chi connectivity index (χ1) is 11.3. The standard InChI is InChI=1S/C17H18N4O2.2ClH/c1-23-16-9-5-4-8-15(16)19-10-18-11-21-12-20-14-7-3-2-6-13(14)17(21)22;;/h2-9,12,18-19H,10-11H2,1H3;2*1H. The molecule has 0 bridgehead atoms. The maximum atomic E-state index is 12.3. The van der Waals surface area contributed by atoms with Crippen molar-refractivity contribution >= 4 is 41.4 Å². The average molecular weight is 383 g/mol. The minimum Gasteiger partial charge on any atom is -0.495 e. The van der Waals surface area contributed by atoms with Crippen molar-refractivity contribution in [1.29, 1.82) is 0 Å². The van der Waals surface area contributed by atoms with E-state index in [1.807, 2.05) is 42.5 Å². The minimum atomic E-state index is -0.0552. The Kier molecular flexibility index (Phi) is 8.21. The first kappa shape index (κ1) is 20.8. The van der Waals surface area contributed by atoms with Crippen molar-refractivity contribution in [1.82, 2.24) is 14.9 Å². The number of nitrogens with one attached hydrogen (secondary N) is 2. The summed E-state index contributed by atoms with van der Waals surface area (Å²) in [6, 6.07) is 15.0. The SMILES string of the molecule is COc1ccccc1NCNCn1cnc2ccccc2c1=O.Cl.Cl. The molecule has 0 spiro atoms. The van der Waals surface area contributed by atoms with Gasteiger partial charge in [0.25, 0.3) is 5.56 Å². The van der Waals surface area contributed by atoms with Gasteiger partial charge in [-0.2, -0.15) is 0 Å². The van der Waals surface area contributed by atoms with Gasteiger partial charge in [0.1, 0.15) is 5.75 Å². The lowest BCUT2D eigenvalue weighted by molar-refractivity contribution is 0.416. The molecule has 2 aromatic carbocycles. The second kappa shape index (κ2) is 9.88. The van der Waals surface area contributed by atoms with Gasteiger partial charge in [0.15, 0.2) is 0 Å². The molecule has 8 heteroatoms. The summed E-state index contributed by atoms with van der Waals surface area (Å²) in [6.45, 7) is 0.873. The van der Waals surface area contributed by atoms with E-state index >= 15 is 0 Å². The molecule has 134 valence electrons. The summed E-state index contributed by atoms with van der Waals surface area (Å²) in [5.74, 6) is 0.777. The number of fused-ring (bicyclic) bond motifs is 1. The number of hydrogen-bond donors (Lipinski definition) is 2. The van der Waals surface area contributed by atoms with Crippen LogP contribution in [0.4, 0.5) is 5.69 Å². The van der Waals surface area contributed by atoms with Crippen LogP contribution in [0.25, 0.3) is 10.9 Å². The predicted molar refractivity (Wildman–Crippen MR) is 105 cm³/mol. The van der Waals surface area contributed by atoms with Gasteiger partial charge in [0, 0.05) is 0 Å². The highest BCUT2D eigenvalue weighted by Gasteiger charge is 2.03. The zero-order valence-electron chi connectivity index (χ0n) is 13.6. The summed E-state index contributed by atoms with van der Waals surface area (Å²) >= 11 is 0. The number of halogens is 2. The number of aromatic nitrogens is 2. The number of hydrogen-bond acceptors (Lipinski definition) is 5. The fourth-order valence-corrected chi connectivity index (χ4v) is 2.34. The molecule has 0 atom stereocenters. The molecule has 1 heterocycles. The van der Waals surface area contributed by atoms with Crippen molar-refractivity contribution in [2.75, 3.05) is 19.1 Å². The van der Waals surface area contributed by atoms with Crippen molar-refractivity contribution in [2.24, 2.45) is 0 Å². The van der Waals surface area contributed by atoms with E-state index in [0.717, 1.165) is 11.4 Å². The highest BCUT2D eigenvalue weighted by atomic mass is 35.5. The van der Waals surface area contributed by atoms with E-state index in [-0.39, 0.29) is 30.4 Å². The largest absolute Gasteiger partial charge is 0.495 e. The van der Waals surface area contributed by atoms with Crippen LogP contribution in [0.5, 0.6) is 5.75 Å². The Morgan fingerprint density at radius 3 is 2.60 bits per heavy atom. The van der Waals surface area contributed by atoms with Crippen molar-refractivity contribution in [3.8, 4) is 5.75 Å². The molecule has 1 aromatic heterocycles. The van der Waals surface area contributed by atoms with Crippen LogP contribution in [0.2, 0.25) is 0 Å². The van der Waals surface area contributed by atoms with Crippen molar-refractivity contribution < 1.29 is 4.74 Å². The molecule has 0 aliphatic carbocycles. The van der Waals surface area contributed by atoms with Crippen LogP contribution in [0.3, 0.4) is 0 Å². The molecule has 0 aliphatic heterocycles. The highest BCUT2D eigenvalue weighted by Crippen LogP contribution is 2.22. The Hall–Kier alpha value is -2.28. The van der Waals surface area contributed by atoms with E-state index in [0.29, 0.717) is 24.2 Å². The van der Waals surface area contributed by atoms with E-state index in [4.69, 9.17) is 4.74 Å². The van der Waals surface area contributed by atoms with Gasteiger partial charge in [-0.05, 0) is 24.3 Å². The summed E-state index contributed by atoms with van der Waals surface area (Å²) in [4.78, 5) is 16.6. The first-order valence-corrected chi connectivity index (χ1v) is 7.31. The molecule has 25 heavy (non-hydrogen) atoms. The zero-order chi connectivity index (χ0) is 16.1. The van der Waals surface area contributed by atoms with Gasteiger partial charge in [-0.25, -0.2) is 4.98 Å². The van der Waals surface area contributed by atoms with E-state index in [1.54, 1.807) is 24.1 Å². The average Bonchev–Trinajstić information content (AvgIpc) is 2.61. The minimum absolute atomic E-state index is 0. The molecule has 0 saturated carbocycles. The molecule has 0 fully saturated rings. The molecule has 2 N–H and O–H groups in total. The normalized spacial score (nSPS) is 9.80. The van der Waals surface area contributed by atoms with Crippen LogP contribution >= 0.6 is 24.8 Å². The number of anilines is 1. The van der Waals surface area contributed by atoms with E-state index in [2.05, 4.69) is 15.6 Å².